The maximum Gasteiger partial charge on any atom is 0.127 e. The summed E-state index contributed by atoms with van der Waals surface area (Å²) in [6.07, 6.45) is 3.78. The number of benzene rings is 1. The molecule has 1 aromatic heterocycles. The van der Waals surface area contributed by atoms with Crippen LogP contribution in [0.15, 0.2) is 35.1 Å². The van der Waals surface area contributed by atoms with Gasteiger partial charge in [0, 0.05) is 44.1 Å². The first-order chi connectivity index (χ1) is 10.5. The average molecular weight is 366 g/mol. The summed E-state index contributed by atoms with van der Waals surface area (Å²) in [7, 11) is 8.32. The van der Waals surface area contributed by atoms with Crippen LogP contribution in [0.25, 0.3) is 0 Å². The van der Waals surface area contributed by atoms with E-state index < -0.39 is 0 Å². The summed E-state index contributed by atoms with van der Waals surface area (Å²) in [6.45, 7) is 2.70. The maximum absolute atomic E-state index is 4.36. The van der Waals surface area contributed by atoms with E-state index in [1.807, 2.05) is 24.0 Å². The second-order valence-electron chi connectivity index (χ2n) is 5.69. The molecule has 1 heterocycles. The van der Waals surface area contributed by atoms with Crippen molar-refractivity contribution in [1.29, 1.82) is 0 Å². The zero-order chi connectivity index (χ0) is 16.1. The minimum absolute atomic E-state index is 0.703. The van der Waals surface area contributed by atoms with Gasteiger partial charge < -0.3 is 19.7 Å². The molecule has 0 amide bonds. The third kappa shape index (κ3) is 4.48. The number of nitrogens with one attached hydrogen (secondary N) is 1. The van der Waals surface area contributed by atoms with Crippen LogP contribution in [0.2, 0.25) is 0 Å². The Balaban J connectivity index is 2.11. The van der Waals surface area contributed by atoms with Crippen molar-refractivity contribution in [2.24, 2.45) is 7.05 Å². The Morgan fingerprint density at radius 2 is 2.00 bits per heavy atom. The predicted molar refractivity (Wildman–Crippen MR) is 96.5 cm³/mol. The van der Waals surface area contributed by atoms with Gasteiger partial charge in [0.25, 0.3) is 0 Å². The number of hydrogen-bond acceptors (Lipinski definition) is 4. The van der Waals surface area contributed by atoms with Crippen molar-refractivity contribution < 1.29 is 0 Å². The van der Waals surface area contributed by atoms with Gasteiger partial charge in [0.1, 0.15) is 5.82 Å². The molecule has 120 valence electrons. The summed E-state index contributed by atoms with van der Waals surface area (Å²) in [4.78, 5) is 8.82. The van der Waals surface area contributed by atoms with Gasteiger partial charge in [-0.05, 0) is 32.3 Å². The van der Waals surface area contributed by atoms with E-state index in [9.17, 15) is 0 Å². The number of rotatable bonds is 7. The van der Waals surface area contributed by atoms with Crippen molar-refractivity contribution in [3.63, 3.8) is 0 Å². The predicted octanol–water partition coefficient (Wildman–Crippen LogP) is 2.79. The Bertz CT molecular complexity index is 608. The lowest BCUT2D eigenvalue weighted by atomic mass is 10.2. The van der Waals surface area contributed by atoms with E-state index in [-0.39, 0.29) is 0 Å². The van der Waals surface area contributed by atoms with Crippen LogP contribution in [0.5, 0.6) is 0 Å². The van der Waals surface area contributed by atoms with Gasteiger partial charge in [-0.1, -0.05) is 15.9 Å². The zero-order valence-electron chi connectivity index (χ0n) is 13.7. The SMILES string of the molecule is CN(C)CCN(C)c1ccc(Br)cc1NCc1nccn1C. The molecule has 2 rings (SSSR count). The molecule has 0 saturated heterocycles. The van der Waals surface area contributed by atoms with E-state index in [2.05, 4.69) is 75.4 Å². The van der Waals surface area contributed by atoms with E-state index in [1.165, 1.54) is 5.69 Å². The van der Waals surface area contributed by atoms with Gasteiger partial charge in [-0.2, -0.15) is 0 Å². The molecule has 0 atom stereocenters. The van der Waals surface area contributed by atoms with Crippen LogP contribution in [-0.4, -0.2) is 48.7 Å². The lowest BCUT2D eigenvalue weighted by Crippen LogP contribution is -2.29. The fraction of sp³-hybridized carbons (Fsp3) is 0.438. The number of imidazole rings is 1. The van der Waals surface area contributed by atoms with Crippen LogP contribution >= 0.6 is 15.9 Å². The number of anilines is 2. The summed E-state index contributed by atoms with van der Waals surface area (Å²) in [5, 5.41) is 3.50. The van der Waals surface area contributed by atoms with E-state index in [4.69, 9.17) is 0 Å². The number of hydrogen-bond donors (Lipinski definition) is 1. The summed E-state index contributed by atoms with van der Waals surface area (Å²) < 4.78 is 3.10. The van der Waals surface area contributed by atoms with Crippen molar-refractivity contribution in [3.8, 4) is 0 Å². The molecule has 0 saturated carbocycles. The minimum atomic E-state index is 0.703. The molecule has 0 unspecified atom stereocenters. The molecule has 0 aliphatic heterocycles. The van der Waals surface area contributed by atoms with E-state index in [0.29, 0.717) is 6.54 Å². The van der Waals surface area contributed by atoms with Crippen molar-refractivity contribution in [1.82, 2.24) is 14.5 Å². The van der Waals surface area contributed by atoms with Crippen molar-refractivity contribution in [2.75, 3.05) is 44.4 Å². The van der Waals surface area contributed by atoms with Crippen molar-refractivity contribution in [3.05, 3.63) is 40.9 Å². The number of nitrogens with zero attached hydrogens (tertiary/aromatic N) is 4. The molecule has 5 nitrogen and oxygen atoms in total. The molecule has 0 radical (unpaired) electrons. The number of aromatic nitrogens is 2. The molecule has 1 N–H and O–H groups in total. The van der Waals surface area contributed by atoms with Gasteiger partial charge in [0.2, 0.25) is 0 Å². The van der Waals surface area contributed by atoms with Gasteiger partial charge in [0.15, 0.2) is 0 Å². The maximum atomic E-state index is 4.36. The lowest BCUT2D eigenvalue weighted by molar-refractivity contribution is 0.416. The molecule has 0 fully saturated rings. The van der Waals surface area contributed by atoms with Gasteiger partial charge >= 0.3 is 0 Å². The lowest BCUT2D eigenvalue weighted by Gasteiger charge is -2.24. The molecule has 1 aromatic carbocycles. The third-order valence-electron chi connectivity index (χ3n) is 3.61. The third-order valence-corrected chi connectivity index (χ3v) is 4.10. The average Bonchev–Trinajstić information content (AvgIpc) is 2.88. The molecule has 0 aliphatic rings. The summed E-state index contributed by atoms with van der Waals surface area (Å²) in [5.41, 5.74) is 2.30. The molecule has 0 spiro atoms. The number of likely N-dealkylation sites (N-methyl/N-ethyl adjacent to an activating group) is 2. The van der Waals surface area contributed by atoms with Gasteiger partial charge in [-0.3, -0.25) is 0 Å². The molecule has 0 bridgehead atoms. The fourth-order valence-corrected chi connectivity index (χ4v) is 2.56. The molecule has 22 heavy (non-hydrogen) atoms. The van der Waals surface area contributed by atoms with Crippen LogP contribution in [0.4, 0.5) is 11.4 Å². The van der Waals surface area contributed by atoms with Crippen LogP contribution in [0, 0.1) is 0 Å². The first kappa shape index (κ1) is 16.8. The van der Waals surface area contributed by atoms with Crippen LogP contribution < -0.4 is 10.2 Å². The molecule has 0 aliphatic carbocycles. The Kier molecular flexibility index (Phi) is 5.85. The topological polar surface area (TPSA) is 36.3 Å². The van der Waals surface area contributed by atoms with E-state index in [0.717, 1.165) is 29.1 Å². The highest BCUT2D eigenvalue weighted by Gasteiger charge is 2.09. The largest absolute Gasteiger partial charge is 0.376 e. The van der Waals surface area contributed by atoms with Crippen molar-refractivity contribution >= 4 is 27.3 Å². The fourth-order valence-electron chi connectivity index (χ4n) is 2.19. The standard InChI is InChI=1S/C16H24BrN5/c1-20(2)9-10-21(3)15-6-5-13(17)11-14(15)19-12-16-18-7-8-22(16)4/h5-8,11,19H,9-10,12H2,1-4H3. The summed E-state index contributed by atoms with van der Waals surface area (Å²) in [6, 6.07) is 6.33. The van der Waals surface area contributed by atoms with Crippen LogP contribution in [0.3, 0.4) is 0 Å². The van der Waals surface area contributed by atoms with E-state index in [1.54, 1.807) is 0 Å². The highest BCUT2D eigenvalue weighted by atomic mass is 79.9. The first-order valence-corrected chi connectivity index (χ1v) is 8.12. The van der Waals surface area contributed by atoms with Gasteiger partial charge in [0.05, 0.1) is 17.9 Å². The zero-order valence-corrected chi connectivity index (χ0v) is 15.3. The Hall–Kier alpha value is -1.53. The second-order valence-corrected chi connectivity index (χ2v) is 6.61. The quantitative estimate of drug-likeness (QED) is 0.818. The van der Waals surface area contributed by atoms with Crippen LogP contribution in [-0.2, 0) is 13.6 Å². The smallest absolute Gasteiger partial charge is 0.127 e. The van der Waals surface area contributed by atoms with Crippen molar-refractivity contribution in [2.45, 2.75) is 6.54 Å². The van der Waals surface area contributed by atoms with Gasteiger partial charge in [-0.25, -0.2) is 4.98 Å². The minimum Gasteiger partial charge on any atom is -0.376 e. The second kappa shape index (κ2) is 7.65. The summed E-state index contributed by atoms with van der Waals surface area (Å²) >= 11 is 3.55. The number of halogens is 1. The normalized spacial score (nSPS) is 11.0. The first-order valence-electron chi connectivity index (χ1n) is 7.33. The van der Waals surface area contributed by atoms with Crippen LogP contribution in [0.1, 0.15) is 5.82 Å². The Morgan fingerprint density at radius 1 is 1.23 bits per heavy atom. The highest BCUT2D eigenvalue weighted by Crippen LogP contribution is 2.29. The van der Waals surface area contributed by atoms with E-state index >= 15 is 0 Å². The Labute approximate surface area is 141 Å². The highest BCUT2D eigenvalue weighted by molar-refractivity contribution is 9.10. The molecule has 6 heteroatoms. The van der Waals surface area contributed by atoms with Gasteiger partial charge in [-0.15, -0.1) is 0 Å². The monoisotopic (exact) mass is 365 g/mol. The summed E-state index contributed by atoms with van der Waals surface area (Å²) in [5.74, 6) is 1.02. The number of aryl methyl sites for hydroxylation is 1. The molecule has 2 aromatic rings. The Morgan fingerprint density at radius 3 is 2.64 bits per heavy atom. The molecular formula is C16H24BrN5. The molecular weight excluding hydrogens is 342 g/mol.